The van der Waals surface area contributed by atoms with E-state index in [2.05, 4.69) is 102 Å². The molecular formula is C37H41N2O2S+. The molecule has 42 heavy (non-hydrogen) atoms. The van der Waals surface area contributed by atoms with E-state index in [0.717, 1.165) is 22.3 Å². The highest BCUT2D eigenvalue weighted by Crippen LogP contribution is 2.51. The summed E-state index contributed by atoms with van der Waals surface area (Å²) in [6.45, 7) is 20.3. The van der Waals surface area contributed by atoms with Crippen LogP contribution in [0.2, 0.25) is 0 Å². The highest BCUT2D eigenvalue weighted by Gasteiger charge is 2.43. The van der Waals surface area contributed by atoms with Crippen LogP contribution >= 0.6 is 11.3 Å². The Labute approximate surface area is 253 Å². The van der Waals surface area contributed by atoms with Gasteiger partial charge in [0.2, 0.25) is 5.52 Å². The Balaban J connectivity index is 1.77. The Bertz CT molecular complexity index is 1870. The number of hydrogen-bond acceptors (Lipinski definition) is 4. The highest BCUT2D eigenvalue weighted by molar-refractivity contribution is 7.23. The maximum Gasteiger partial charge on any atom is 0.288 e. The van der Waals surface area contributed by atoms with Gasteiger partial charge in [-0.1, -0.05) is 69.3 Å². The van der Waals surface area contributed by atoms with E-state index in [1.54, 1.807) is 7.11 Å². The summed E-state index contributed by atoms with van der Waals surface area (Å²) in [6, 6.07) is 15.4. The van der Waals surface area contributed by atoms with Crippen molar-refractivity contribution in [2.45, 2.75) is 72.3 Å². The highest BCUT2D eigenvalue weighted by atomic mass is 32.1. The van der Waals surface area contributed by atoms with E-state index >= 15 is 0 Å². The lowest BCUT2D eigenvalue weighted by molar-refractivity contribution is -0.713. The molecule has 2 aromatic heterocycles. The Morgan fingerprint density at radius 3 is 2.33 bits per heavy atom. The van der Waals surface area contributed by atoms with Crippen LogP contribution in [0.25, 0.3) is 42.7 Å². The Hall–Kier alpha value is -3.54. The van der Waals surface area contributed by atoms with Crippen molar-refractivity contribution in [2.75, 3.05) is 13.7 Å². The smallest absolute Gasteiger partial charge is 0.288 e. The first-order valence-corrected chi connectivity index (χ1v) is 15.6. The molecule has 2 unspecified atom stereocenters. The molecule has 1 aliphatic rings. The van der Waals surface area contributed by atoms with Gasteiger partial charge in [-0.3, -0.25) is 0 Å². The third-order valence-corrected chi connectivity index (χ3v) is 10.3. The summed E-state index contributed by atoms with van der Waals surface area (Å²) < 4.78 is 8.93. The van der Waals surface area contributed by atoms with Crippen LogP contribution in [0.1, 0.15) is 72.5 Å². The summed E-state index contributed by atoms with van der Waals surface area (Å²) in [5.74, 6) is 0.132. The van der Waals surface area contributed by atoms with Crippen LogP contribution in [0.3, 0.4) is 0 Å². The first kappa shape index (κ1) is 28.6. The maximum atomic E-state index is 11.2. The number of aromatic nitrogens is 2. The molecule has 0 saturated carbocycles. The second-order valence-electron chi connectivity index (χ2n) is 13.0. The zero-order valence-corrected chi connectivity index (χ0v) is 26.9. The van der Waals surface area contributed by atoms with Crippen LogP contribution in [0.4, 0.5) is 0 Å². The standard InChI is InChI=1S/C37H40N2O2S/c1-20-16-21(2)30(22(3)17-20)35-23(4)32-36(42-35)34-28-18-29(37(6,7)8)25-12-10-11-13-26(25)31(28)27(14-15-41-9)33(24(5)40)39(34)19-38-32/h10-13,16-19,27,33H,5,14-15H2,1-4,6-9H3/p+1. The van der Waals surface area contributed by atoms with Crippen molar-refractivity contribution in [2.24, 2.45) is 0 Å². The number of ether oxygens (including phenoxy) is 1. The zero-order valence-electron chi connectivity index (χ0n) is 26.1. The summed E-state index contributed by atoms with van der Waals surface area (Å²) in [5, 5.41) is 13.7. The van der Waals surface area contributed by atoms with E-state index in [4.69, 9.17) is 9.72 Å². The molecule has 0 bridgehead atoms. The molecule has 1 N–H and O–H groups in total. The first-order valence-electron chi connectivity index (χ1n) is 14.8. The van der Waals surface area contributed by atoms with Crippen molar-refractivity contribution < 1.29 is 14.4 Å². The van der Waals surface area contributed by atoms with Gasteiger partial charge < -0.3 is 9.84 Å². The molecule has 0 spiro atoms. The van der Waals surface area contributed by atoms with E-state index in [9.17, 15) is 5.11 Å². The fraction of sp³-hybridized carbons (Fsp3) is 0.351. The lowest BCUT2D eigenvalue weighted by atomic mass is 9.74. The van der Waals surface area contributed by atoms with Gasteiger partial charge in [-0.05, 0) is 89.2 Å². The molecule has 0 amide bonds. The van der Waals surface area contributed by atoms with Gasteiger partial charge in [0.05, 0.1) is 0 Å². The van der Waals surface area contributed by atoms with Gasteiger partial charge in [0, 0.05) is 35.6 Å². The molecule has 0 radical (unpaired) electrons. The molecule has 2 atom stereocenters. The first-order chi connectivity index (χ1) is 19.9. The second-order valence-corrected chi connectivity index (χ2v) is 14.0. The van der Waals surface area contributed by atoms with Crippen molar-refractivity contribution >= 4 is 32.3 Å². The molecule has 216 valence electrons. The number of allylic oxidation sites excluding steroid dienone is 1. The topological polar surface area (TPSA) is 46.2 Å². The van der Waals surface area contributed by atoms with Crippen LogP contribution in [0, 0.1) is 27.7 Å². The quantitative estimate of drug-likeness (QED) is 0.167. The third-order valence-electron chi connectivity index (χ3n) is 8.98. The number of aliphatic hydroxyl groups is 1. The number of hydrogen-bond donors (Lipinski definition) is 1. The van der Waals surface area contributed by atoms with Gasteiger partial charge >= 0.3 is 0 Å². The van der Waals surface area contributed by atoms with Crippen molar-refractivity contribution in [3.8, 4) is 21.7 Å². The molecule has 0 fully saturated rings. The van der Waals surface area contributed by atoms with Crippen LogP contribution < -0.4 is 4.57 Å². The zero-order chi connectivity index (χ0) is 30.1. The van der Waals surface area contributed by atoms with Crippen LogP contribution in [-0.2, 0) is 10.2 Å². The Morgan fingerprint density at radius 2 is 1.71 bits per heavy atom. The monoisotopic (exact) mass is 577 g/mol. The largest absolute Gasteiger partial charge is 0.508 e. The molecule has 1 aliphatic heterocycles. The molecule has 3 heterocycles. The van der Waals surface area contributed by atoms with Gasteiger partial charge in [0.25, 0.3) is 6.33 Å². The average molecular weight is 578 g/mol. The number of aryl methyl sites for hydroxylation is 4. The van der Waals surface area contributed by atoms with Crippen LogP contribution in [0.15, 0.2) is 61.1 Å². The molecule has 5 aromatic rings. The fourth-order valence-electron chi connectivity index (χ4n) is 7.27. The summed E-state index contributed by atoms with van der Waals surface area (Å²) >= 11 is 1.82. The van der Waals surface area contributed by atoms with Gasteiger partial charge in [-0.2, -0.15) is 0 Å². The summed E-state index contributed by atoms with van der Waals surface area (Å²) in [6.07, 6.45) is 2.68. The van der Waals surface area contributed by atoms with E-state index in [0.29, 0.717) is 6.61 Å². The Morgan fingerprint density at radius 1 is 1.05 bits per heavy atom. The number of methoxy groups -OCH3 is 1. The number of fused-ring (bicyclic) bond motifs is 7. The molecule has 0 saturated heterocycles. The summed E-state index contributed by atoms with van der Waals surface area (Å²) in [7, 11) is 1.74. The normalized spacial score (nSPS) is 16.6. The number of rotatable bonds is 5. The van der Waals surface area contributed by atoms with Crippen molar-refractivity contribution in [3.63, 3.8) is 0 Å². The molecule has 6 rings (SSSR count). The van der Waals surface area contributed by atoms with Crippen LogP contribution in [-0.4, -0.2) is 23.8 Å². The van der Waals surface area contributed by atoms with Gasteiger partial charge in [-0.15, -0.1) is 11.3 Å². The fourth-order valence-corrected chi connectivity index (χ4v) is 8.76. The summed E-state index contributed by atoms with van der Waals surface area (Å²) in [5.41, 5.74) is 12.2. The van der Waals surface area contributed by atoms with E-state index in [-0.39, 0.29) is 23.1 Å². The third kappa shape index (κ3) is 4.37. The minimum atomic E-state index is -0.350. The second kappa shape index (κ2) is 10.3. The van der Waals surface area contributed by atoms with Crippen molar-refractivity contribution in [1.82, 2.24) is 4.98 Å². The van der Waals surface area contributed by atoms with E-state index in [1.807, 2.05) is 17.7 Å². The minimum Gasteiger partial charge on any atom is -0.508 e. The number of nitrogens with zero attached hydrogens (tertiary/aromatic N) is 2. The van der Waals surface area contributed by atoms with E-state index in [1.165, 1.54) is 60.2 Å². The van der Waals surface area contributed by atoms with Gasteiger partial charge in [-0.25, -0.2) is 4.57 Å². The molecular weight excluding hydrogens is 536 g/mol. The Kier molecular flexibility index (Phi) is 7.02. The van der Waals surface area contributed by atoms with Gasteiger partial charge in [0.1, 0.15) is 10.5 Å². The van der Waals surface area contributed by atoms with Crippen LogP contribution in [0.5, 0.6) is 0 Å². The lowest BCUT2D eigenvalue weighted by Crippen LogP contribution is -2.49. The number of aliphatic hydroxyl groups excluding tert-OH is 1. The predicted octanol–water partition coefficient (Wildman–Crippen LogP) is 9.35. The maximum absolute atomic E-state index is 11.2. The van der Waals surface area contributed by atoms with Crippen molar-refractivity contribution in [3.05, 3.63) is 94.5 Å². The molecule has 5 heteroatoms. The molecule has 4 nitrogen and oxygen atoms in total. The van der Waals surface area contributed by atoms with E-state index < -0.39 is 0 Å². The summed E-state index contributed by atoms with van der Waals surface area (Å²) in [4.78, 5) is 6.33. The number of thiophene rings is 1. The predicted molar refractivity (Wildman–Crippen MR) is 176 cm³/mol. The SMILES string of the molecule is C=C(O)C1C(CCOC)c2c(cc(C(C)(C)C)c3ccccc23)-c2c3sc(-c4c(C)cc(C)cc4C)c(C)c3nc[n+]21. The molecule has 0 aliphatic carbocycles. The number of benzene rings is 3. The lowest BCUT2D eigenvalue weighted by Gasteiger charge is -2.35. The average Bonchev–Trinajstić information content (AvgIpc) is 3.25. The van der Waals surface area contributed by atoms with Gasteiger partial charge in [0.15, 0.2) is 11.7 Å². The molecule has 3 aromatic carbocycles. The van der Waals surface area contributed by atoms with Crippen molar-refractivity contribution in [1.29, 1.82) is 0 Å². The minimum absolute atomic E-state index is 0.0183.